The van der Waals surface area contributed by atoms with Crippen LogP contribution in [0.2, 0.25) is 0 Å². The third kappa shape index (κ3) is 3.99. The molecule has 0 aliphatic carbocycles. The molecule has 0 saturated heterocycles. The zero-order chi connectivity index (χ0) is 23.1. The van der Waals surface area contributed by atoms with Crippen LogP contribution in [-0.2, 0) is 13.2 Å². The quantitative estimate of drug-likeness (QED) is 0.533. The van der Waals surface area contributed by atoms with Crippen molar-refractivity contribution in [3.63, 3.8) is 0 Å². The molecule has 1 aromatic heterocycles. The molecular formula is C23H25F3N4O2. The van der Waals surface area contributed by atoms with E-state index in [4.69, 9.17) is 4.74 Å². The van der Waals surface area contributed by atoms with Gasteiger partial charge in [-0.3, -0.25) is 4.68 Å². The van der Waals surface area contributed by atoms with Crippen molar-refractivity contribution in [3.05, 3.63) is 53.7 Å². The minimum atomic E-state index is -4.47. The van der Waals surface area contributed by atoms with Gasteiger partial charge in [-0.15, -0.1) is 0 Å². The molecule has 1 aliphatic rings. The van der Waals surface area contributed by atoms with Crippen LogP contribution in [0.5, 0.6) is 5.75 Å². The van der Waals surface area contributed by atoms with E-state index in [1.165, 1.54) is 6.07 Å². The number of ether oxygens (including phenoxy) is 1. The van der Waals surface area contributed by atoms with Crippen LogP contribution in [-0.4, -0.2) is 21.4 Å². The molecule has 9 heteroatoms. The number of rotatable bonds is 4. The number of urea groups is 1. The molecule has 1 aliphatic heterocycles. The number of nitrogens with one attached hydrogen (secondary N) is 2. The van der Waals surface area contributed by atoms with Gasteiger partial charge in [0.2, 0.25) is 0 Å². The molecule has 3 aromatic rings. The summed E-state index contributed by atoms with van der Waals surface area (Å²) in [7, 11) is 1.81. The van der Waals surface area contributed by atoms with E-state index in [1.54, 1.807) is 16.9 Å². The van der Waals surface area contributed by atoms with Gasteiger partial charge < -0.3 is 15.4 Å². The molecule has 0 spiro atoms. The first kappa shape index (κ1) is 22.0. The van der Waals surface area contributed by atoms with E-state index in [2.05, 4.69) is 15.7 Å². The Morgan fingerprint density at radius 1 is 1.25 bits per heavy atom. The second kappa shape index (κ2) is 8.03. The number of carbonyl (C=O) groups excluding carboxylic acids is 1. The van der Waals surface area contributed by atoms with E-state index in [1.807, 2.05) is 33.0 Å². The Bertz CT molecular complexity index is 1150. The fourth-order valence-electron chi connectivity index (χ4n) is 4.26. The van der Waals surface area contributed by atoms with E-state index >= 15 is 0 Å². The second-order valence-corrected chi connectivity index (χ2v) is 8.10. The van der Waals surface area contributed by atoms with Crippen molar-refractivity contribution >= 4 is 22.6 Å². The van der Waals surface area contributed by atoms with Crippen LogP contribution in [0.3, 0.4) is 0 Å². The first-order valence-corrected chi connectivity index (χ1v) is 10.5. The molecule has 1 atom stereocenters. The Hall–Kier alpha value is -3.23. The van der Waals surface area contributed by atoms with Gasteiger partial charge in [0.1, 0.15) is 11.4 Å². The number of aromatic nitrogens is 2. The standard InChI is InChI=1S/C23H25F3N4O2/c1-4-22(5-2)12-18(15-10-9-14(23(24,25)26)11-20(15)32-22)29-21(31)28-17-7-6-8-19-16(17)13-27-30(19)3/h6-11,13,18H,4-5,12H2,1-3H3,(H2,28,29,31)/t18-/m1/s1. The summed E-state index contributed by atoms with van der Waals surface area (Å²) in [6.07, 6.45) is -1.13. The van der Waals surface area contributed by atoms with Gasteiger partial charge in [-0.1, -0.05) is 26.0 Å². The third-order valence-electron chi connectivity index (χ3n) is 6.25. The molecule has 2 heterocycles. The molecule has 32 heavy (non-hydrogen) atoms. The highest BCUT2D eigenvalue weighted by molar-refractivity contribution is 6.00. The topological polar surface area (TPSA) is 68.2 Å². The van der Waals surface area contributed by atoms with Crippen molar-refractivity contribution in [2.24, 2.45) is 7.05 Å². The minimum Gasteiger partial charge on any atom is -0.487 e. The fourth-order valence-corrected chi connectivity index (χ4v) is 4.26. The number of amides is 2. The highest BCUT2D eigenvalue weighted by Crippen LogP contribution is 2.45. The number of alkyl halides is 3. The number of anilines is 1. The molecule has 0 bridgehead atoms. The molecule has 2 amide bonds. The van der Waals surface area contributed by atoms with Crippen LogP contribution in [0.25, 0.3) is 10.9 Å². The van der Waals surface area contributed by atoms with E-state index < -0.39 is 29.4 Å². The Morgan fingerprint density at radius 2 is 2.00 bits per heavy atom. The van der Waals surface area contributed by atoms with Crippen molar-refractivity contribution in [1.82, 2.24) is 15.1 Å². The van der Waals surface area contributed by atoms with Gasteiger partial charge in [0.25, 0.3) is 0 Å². The van der Waals surface area contributed by atoms with Crippen LogP contribution in [0.1, 0.15) is 50.3 Å². The van der Waals surface area contributed by atoms with Crippen molar-refractivity contribution in [2.75, 3.05) is 5.32 Å². The van der Waals surface area contributed by atoms with Crippen molar-refractivity contribution in [2.45, 2.75) is 50.9 Å². The third-order valence-corrected chi connectivity index (χ3v) is 6.25. The highest BCUT2D eigenvalue weighted by Gasteiger charge is 2.41. The number of benzene rings is 2. The number of halogens is 3. The van der Waals surface area contributed by atoms with Crippen molar-refractivity contribution < 1.29 is 22.7 Å². The van der Waals surface area contributed by atoms with Crippen LogP contribution in [0.15, 0.2) is 42.6 Å². The normalized spacial score (nSPS) is 17.5. The average molecular weight is 446 g/mol. The number of aryl methyl sites for hydroxylation is 1. The maximum Gasteiger partial charge on any atom is 0.416 e. The van der Waals surface area contributed by atoms with Gasteiger partial charge in [0.15, 0.2) is 0 Å². The molecule has 4 rings (SSSR count). The molecule has 0 fully saturated rings. The Labute approximate surface area is 183 Å². The number of nitrogens with zero attached hydrogens (tertiary/aromatic N) is 2. The minimum absolute atomic E-state index is 0.162. The van der Waals surface area contributed by atoms with Crippen molar-refractivity contribution in [3.8, 4) is 5.75 Å². The molecule has 2 aromatic carbocycles. The Kier molecular flexibility index (Phi) is 5.52. The first-order chi connectivity index (χ1) is 15.2. The number of hydrogen-bond acceptors (Lipinski definition) is 3. The maximum atomic E-state index is 13.3. The lowest BCUT2D eigenvalue weighted by atomic mass is 9.83. The molecule has 2 N–H and O–H groups in total. The summed E-state index contributed by atoms with van der Waals surface area (Å²) in [5.41, 5.74) is 0.578. The predicted molar refractivity (Wildman–Crippen MR) is 116 cm³/mol. The molecule has 170 valence electrons. The van der Waals surface area contributed by atoms with Gasteiger partial charge >= 0.3 is 12.2 Å². The molecular weight excluding hydrogens is 421 g/mol. The summed E-state index contributed by atoms with van der Waals surface area (Å²) in [4.78, 5) is 12.9. The lowest BCUT2D eigenvalue weighted by Gasteiger charge is -2.42. The summed E-state index contributed by atoms with van der Waals surface area (Å²) in [6.45, 7) is 3.87. The van der Waals surface area contributed by atoms with Crippen LogP contribution >= 0.6 is 0 Å². The molecule has 0 radical (unpaired) electrons. The van der Waals surface area contributed by atoms with E-state index in [9.17, 15) is 18.0 Å². The number of fused-ring (bicyclic) bond motifs is 2. The average Bonchev–Trinajstić information content (AvgIpc) is 3.14. The second-order valence-electron chi connectivity index (χ2n) is 8.10. The zero-order valence-electron chi connectivity index (χ0n) is 18.1. The van der Waals surface area contributed by atoms with Gasteiger partial charge in [0.05, 0.1) is 29.0 Å². The smallest absolute Gasteiger partial charge is 0.416 e. The summed E-state index contributed by atoms with van der Waals surface area (Å²) in [5, 5.41) is 10.8. The summed E-state index contributed by atoms with van der Waals surface area (Å²) in [6, 6.07) is 8.00. The van der Waals surface area contributed by atoms with Crippen LogP contribution < -0.4 is 15.4 Å². The monoisotopic (exact) mass is 446 g/mol. The van der Waals surface area contributed by atoms with E-state index in [-0.39, 0.29) is 5.75 Å². The van der Waals surface area contributed by atoms with Gasteiger partial charge in [0, 0.05) is 24.4 Å². The van der Waals surface area contributed by atoms with Crippen molar-refractivity contribution in [1.29, 1.82) is 0 Å². The summed E-state index contributed by atoms with van der Waals surface area (Å²) in [5.74, 6) is 0.162. The highest BCUT2D eigenvalue weighted by atomic mass is 19.4. The van der Waals surface area contributed by atoms with Crippen LogP contribution in [0, 0.1) is 0 Å². The van der Waals surface area contributed by atoms with E-state index in [0.717, 1.165) is 23.0 Å². The largest absolute Gasteiger partial charge is 0.487 e. The fraction of sp³-hybridized carbons (Fsp3) is 0.391. The summed E-state index contributed by atoms with van der Waals surface area (Å²) >= 11 is 0. The predicted octanol–water partition coefficient (Wildman–Crippen LogP) is 5.80. The molecule has 0 unspecified atom stereocenters. The zero-order valence-corrected chi connectivity index (χ0v) is 18.1. The number of carbonyl (C=O) groups is 1. The lowest BCUT2D eigenvalue weighted by molar-refractivity contribution is -0.137. The Balaban J connectivity index is 1.63. The van der Waals surface area contributed by atoms with Gasteiger partial charge in [-0.05, 0) is 37.1 Å². The van der Waals surface area contributed by atoms with Gasteiger partial charge in [-0.25, -0.2) is 4.79 Å². The van der Waals surface area contributed by atoms with Gasteiger partial charge in [-0.2, -0.15) is 18.3 Å². The van der Waals surface area contributed by atoms with E-state index in [0.29, 0.717) is 30.5 Å². The SMILES string of the molecule is CCC1(CC)C[C@@H](NC(=O)Nc2cccc3c2cnn3C)c2ccc(C(F)(F)F)cc2O1. The first-order valence-electron chi connectivity index (χ1n) is 10.5. The number of hydrogen-bond donors (Lipinski definition) is 2. The van der Waals surface area contributed by atoms with Crippen LogP contribution in [0.4, 0.5) is 23.7 Å². The summed E-state index contributed by atoms with van der Waals surface area (Å²) < 4.78 is 47.5. The molecule has 6 nitrogen and oxygen atoms in total. The Morgan fingerprint density at radius 3 is 2.69 bits per heavy atom. The maximum absolute atomic E-state index is 13.3. The molecule has 0 saturated carbocycles. The lowest BCUT2D eigenvalue weighted by Crippen LogP contribution is -2.45.